The molecule has 2 atom stereocenters. The van der Waals surface area contributed by atoms with Crippen molar-refractivity contribution < 1.29 is 0 Å². The summed E-state index contributed by atoms with van der Waals surface area (Å²) in [4.78, 5) is 5.77. The summed E-state index contributed by atoms with van der Waals surface area (Å²) in [5.74, 6) is 0.907. The molecule has 2 aliphatic rings. The van der Waals surface area contributed by atoms with Gasteiger partial charge in [0.1, 0.15) is 0 Å². The van der Waals surface area contributed by atoms with Crippen LogP contribution in [-0.4, -0.2) is 29.6 Å². The minimum atomic E-state index is 0.343. The fourth-order valence-electron chi connectivity index (χ4n) is 3.49. The first-order chi connectivity index (χ1) is 9.60. The highest BCUT2D eigenvalue weighted by Crippen LogP contribution is 2.41. The third kappa shape index (κ3) is 3.10. The average molecular weight is 292 g/mol. The van der Waals surface area contributed by atoms with Crippen LogP contribution < -0.4 is 5.32 Å². The van der Waals surface area contributed by atoms with Crippen LogP contribution >= 0.6 is 11.3 Å². The molecule has 1 aromatic heterocycles. The highest BCUT2D eigenvalue weighted by atomic mass is 32.1. The van der Waals surface area contributed by atoms with E-state index in [0.29, 0.717) is 11.6 Å². The Morgan fingerprint density at radius 1 is 1.30 bits per heavy atom. The number of nitrogens with one attached hydrogen (secondary N) is 1. The number of thiophene rings is 1. The van der Waals surface area contributed by atoms with Crippen LogP contribution in [-0.2, 0) is 13.0 Å². The van der Waals surface area contributed by atoms with Crippen LogP contribution in [0.1, 0.15) is 49.8 Å². The predicted molar refractivity (Wildman–Crippen MR) is 87.3 cm³/mol. The fourth-order valence-corrected chi connectivity index (χ4v) is 4.47. The monoisotopic (exact) mass is 292 g/mol. The van der Waals surface area contributed by atoms with Crippen molar-refractivity contribution in [1.29, 1.82) is 0 Å². The Kier molecular flexibility index (Phi) is 4.21. The largest absolute Gasteiger partial charge is 0.310 e. The summed E-state index contributed by atoms with van der Waals surface area (Å²) in [5, 5.41) is 3.84. The molecule has 1 saturated heterocycles. The van der Waals surface area contributed by atoms with Crippen LogP contribution in [0.25, 0.3) is 0 Å². The zero-order chi connectivity index (χ0) is 14.2. The van der Waals surface area contributed by atoms with E-state index in [2.05, 4.69) is 43.1 Å². The lowest BCUT2D eigenvalue weighted by molar-refractivity contribution is 0.156. The molecule has 3 rings (SSSR count). The lowest BCUT2D eigenvalue weighted by Crippen LogP contribution is -2.51. The van der Waals surface area contributed by atoms with Crippen molar-refractivity contribution in [1.82, 2.24) is 10.2 Å². The first kappa shape index (κ1) is 14.6. The second-order valence-corrected chi connectivity index (χ2v) is 8.14. The van der Waals surface area contributed by atoms with Gasteiger partial charge in [-0.3, -0.25) is 4.90 Å². The van der Waals surface area contributed by atoms with Crippen molar-refractivity contribution >= 4 is 11.3 Å². The first-order valence-electron chi connectivity index (χ1n) is 8.17. The highest BCUT2D eigenvalue weighted by molar-refractivity contribution is 7.11. The molecule has 20 heavy (non-hydrogen) atoms. The van der Waals surface area contributed by atoms with Crippen molar-refractivity contribution in [2.75, 3.05) is 13.1 Å². The van der Waals surface area contributed by atoms with Crippen LogP contribution in [0.15, 0.2) is 12.1 Å². The number of hydrogen-bond acceptors (Lipinski definition) is 3. The van der Waals surface area contributed by atoms with Gasteiger partial charge in [-0.25, -0.2) is 0 Å². The van der Waals surface area contributed by atoms with Gasteiger partial charge < -0.3 is 5.32 Å². The smallest absolute Gasteiger partial charge is 0.0331 e. The van der Waals surface area contributed by atoms with E-state index in [1.165, 1.54) is 48.5 Å². The van der Waals surface area contributed by atoms with Gasteiger partial charge in [-0.1, -0.05) is 6.92 Å². The molecule has 0 aromatic carbocycles. The Bertz CT molecular complexity index is 452. The van der Waals surface area contributed by atoms with Crippen molar-refractivity contribution in [3.63, 3.8) is 0 Å². The molecule has 0 amide bonds. The fraction of sp³-hybridized carbons (Fsp3) is 0.765. The average Bonchev–Trinajstić information content (AvgIpc) is 3.20. The molecule has 1 aliphatic carbocycles. The molecule has 1 aliphatic heterocycles. The Morgan fingerprint density at radius 2 is 2.05 bits per heavy atom. The van der Waals surface area contributed by atoms with Crippen molar-refractivity contribution in [3.05, 3.63) is 21.9 Å². The third-order valence-electron chi connectivity index (χ3n) is 5.15. The van der Waals surface area contributed by atoms with Crippen LogP contribution in [0, 0.1) is 5.92 Å². The maximum Gasteiger partial charge on any atom is 0.0331 e. The number of hydrogen-bond donors (Lipinski definition) is 1. The van der Waals surface area contributed by atoms with E-state index in [0.717, 1.165) is 12.5 Å². The quantitative estimate of drug-likeness (QED) is 0.911. The zero-order valence-electron chi connectivity index (χ0n) is 13.1. The number of aryl methyl sites for hydroxylation is 1. The number of nitrogens with zero attached hydrogens (tertiary/aromatic N) is 1. The Hall–Kier alpha value is -0.380. The SMILES string of the molecule is CCc1ccc(CN2CC(C)(C3CC3)NCCC2C)s1. The highest BCUT2D eigenvalue weighted by Gasteiger charge is 2.43. The summed E-state index contributed by atoms with van der Waals surface area (Å²) in [6, 6.07) is 5.33. The third-order valence-corrected chi connectivity index (χ3v) is 6.36. The van der Waals surface area contributed by atoms with E-state index in [1.54, 1.807) is 0 Å². The Balaban J connectivity index is 1.71. The second kappa shape index (κ2) is 5.78. The van der Waals surface area contributed by atoms with Gasteiger partial charge in [-0.15, -0.1) is 11.3 Å². The molecular weight excluding hydrogens is 264 g/mol. The minimum Gasteiger partial charge on any atom is -0.310 e. The van der Waals surface area contributed by atoms with Gasteiger partial charge in [-0.2, -0.15) is 0 Å². The van der Waals surface area contributed by atoms with E-state index < -0.39 is 0 Å². The van der Waals surface area contributed by atoms with Crippen LogP contribution in [0.4, 0.5) is 0 Å². The van der Waals surface area contributed by atoms with E-state index >= 15 is 0 Å². The molecule has 3 heteroatoms. The molecule has 1 aromatic rings. The van der Waals surface area contributed by atoms with Gasteiger partial charge in [0.15, 0.2) is 0 Å². The normalized spacial score (nSPS) is 32.2. The standard InChI is InChI=1S/C17H28N2S/c1-4-15-7-8-16(20-15)11-19-12-17(3,14-5-6-14)18-10-9-13(19)2/h7-8,13-14,18H,4-6,9-12H2,1-3H3. The molecule has 1 saturated carbocycles. The summed E-state index contributed by atoms with van der Waals surface area (Å²) in [6.07, 6.45) is 5.28. The molecule has 2 nitrogen and oxygen atoms in total. The summed E-state index contributed by atoms with van der Waals surface area (Å²) in [7, 11) is 0. The van der Waals surface area contributed by atoms with Gasteiger partial charge in [0.05, 0.1) is 0 Å². The molecule has 0 spiro atoms. The summed E-state index contributed by atoms with van der Waals surface area (Å²) < 4.78 is 0. The molecule has 112 valence electrons. The van der Waals surface area contributed by atoms with E-state index in [-0.39, 0.29) is 0 Å². The molecular formula is C17H28N2S. The van der Waals surface area contributed by atoms with Gasteiger partial charge in [0, 0.05) is 34.4 Å². The van der Waals surface area contributed by atoms with Crippen molar-refractivity contribution in [2.24, 2.45) is 5.92 Å². The maximum absolute atomic E-state index is 3.84. The van der Waals surface area contributed by atoms with Gasteiger partial charge >= 0.3 is 0 Å². The van der Waals surface area contributed by atoms with E-state index in [9.17, 15) is 0 Å². The second-order valence-electron chi connectivity index (χ2n) is 6.88. The van der Waals surface area contributed by atoms with Gasteiger partial charge in [-0.05, 0) is 64.1 Å². The first-order valence-corrected chi connectivity index (χ1v) is 8.99. The van der Waals surface area contributed by atoms with E-state index in [4.69, 9.17) is 0 Å². The molecule has 2 heterocycles. The molecule has 0 radical (unpaired) electrons. The van der Waals surface area contributed by atoms with Crippen LogP contribution in [0.5, 0.6) is 0 Å². The lowest BCUT2D eigenvalue weighted by atomic mass is 9.95. The summed E-state index contributed by atoms with van der Waals surface area (Å²) in [5.41, 5.74) is 0.343. The molecule has 2 unspecified atom stereocenters. The summed E-state index contributed by atoms with van der Waals surface area (Å²) >= 11 is 2.00. The van der Waals surface area contributed by atoms with Gasteiger partial charge in [0.25, 0.3) is 0 Å². The van der Waals surface area contributed by atoms with E-state index in [1.807, 2.05) is 11.3 Å². The summed E-state index contributed by atoms with van der Waals surface area (Å²) in [6.45, 7) is 10.6. The van der Waals surface area contributed by atoms with Crippen molar-refractivity contribution in [2.45, 2.75) is 64.6 Å². The topological polar surface area (TPSA) is 15.3 Å². The molecule has 1 N–H and O–H groups in total. The molecule has 0 bridgehead atoms. The Morgan fingerprint density at radius 3 is 2.70 bits per heavy atom. The predicted octanol–water partition coefficient (Wildman–Crippen LogP) is 3.66. The number of rotatable bonds is 4. The zero-order valence-corrected chi connectivity index (χ0v) is 13.9. The van der Waals surface area contributed by atoms with Gasteiger partial charge in [0.2, 0.25) is 0 Å². The van der Waals surface area contributed by atoms with Crippen LogP contribution in [0.2, 0.25) is 0 Å². The maximum atomic E-state index is 3.84. The van der Waals surface area contributed by atoms with Crippen molar-refractivity contribution in [3.8, 4) is 0 Å². The lowest BCUT2D eigenvalue weighted by Gasteiger charge is -2.35. The molecule has 2 fully saturated rings. The minimum absolute atomic E-state index is 0.343. The van der Waals surface area contributed by atoms with Crippen LogP contribution in [0.3, 0.4) is 0 Å². The Labute approximate surface area is 127 Å².